The van der Waals surface area contributed by atoms with Gasteiger partial charge in [-0.25, -0.2) is 13.2 Å². The van der Waals surface area contributed by atoms with Crippen molar-refractivity contribution in [3.63, 3.8) is 0 Å². The van der Waals surface area contributed by atoms with Crippen LogP contribution < -0.4 is 5.32 Å². The van der Waals surface area contributed by atoms with Crippen LogP contribution in [-0.2, 0) is 19.4 Å². The molecule has 144 valence electrons. The molecule has 0 aliphatic rings. The molecule has 0 spiro atoms. The molecule has 8 nitrogen and oxygen atoms in total. The highest BCUT2D eigenvalue weighted by molar-refractivity contribution is 9.42. The van der Waals surface area contributed by atoms with E-state index in [2.05, 4.69) is 53.1 Å². The molecule has 0 saturated carbocycles. The van der Waals surface area contributed by atoms with Crippen molar-refractivity contribution in [1.29, 1.82) is 0 Å². The molecule has 3 N–H and O–H groups in total. The number of sulfone groups is 1. The zero-order valence-electron chi connectivity index (χ0n) is 13.0. The van der Waals surface area contributed by atoms with E-state index in [4.69, 9.17) is 10.2 Å². The van der Waals surface area contributed by atoms with E-state index >= 15 is 0 Å². The minimum absolute atomic E-state index is 0.0488. The van der Waals surface area contributed by atoms with Gasteiger partial charge in [0.2, 0.25) is 11.3 Å². The number of carboxylic acids is 2. The lowest BCUT2D eigenvalue weighted by atomic mass is 10.1. The van der Waals surface area contributed by atoms with Gasteiger partial charge in [0.15, 0.2) is 0 Å². The summed E-state index contributed by atoms with van der Waals surface area (Å²) in [7, 11) is -3.91. The predicted octanol–water partition coefficient (Wildman–Crippen LogP) is 2.69. The summed E-state index contributed by atoms with van der Waals surface area (Å²) in [4.78, 5) is 33.8. The van der Waals surface area contributed by atoms with Crippen LogP contribution in [0.25, 0.3) is 0 Å². The van der Waals surface area contributed by atoms with Crippen molar-refractivity contribution in [2.75, 3.05) is 0 Å². The molecule has 0 radical (unpaired) electrons. The van der Waals surface area contributed by atoms with E-state index in [0.29, 0.717) is 0 Å². The second kappa shape index (κ2) is 9.29. The fraction of sp³-hybridized carbons (Fsp3) is 0.357. The van der Waals surface area contributed by atoms with Gasteiger partial charge in [-0.3, -0.25) is 9.59 Å². The fourth-order valence-corrected chi connectivity index (χ4v) is 4.38. The van der Waals surface area contributed by atoms with Gasteiger partial charge in [0.25, 0.3) is 5.91 Å². The van der Waals surface area contributed by atoms with Crippen LogP contribution in [0.15, 0.2) is 29.2 Å². The maximum atomic E-state index is 12.3. The Morgan fingerprint density at radius 2 is 1.77 bits per heavy atom. The highest BCUT2D eigenvalue weighted by atomic mass is 80.0. The summed E-state index contributed by atoms with van der Waals surface area (Å²) in [5.41, 5.74) is -0.0488. The molecular formula is C14H14Br3NO7S. The van der Waals surface area contributed by atoms with Crippen molar-refractivity contribution in [3.05, 3.63) is 29.8 Å². The van der Waals surface area contributed by atoms with E-state index in [0.717, 1.165) is 6.07 Å². The number of rotatable bonds is 8. The summed E-state index contributed by atoms with van der Waals surface area (Å²) >= 11 is 8.75. The van der Waals surface area contributed by atoms with E-state index in [-0.39, 0.29) is 29.7 Å². The second-order valence-electron chi connectivity index (χ2n) is 5.13. The molecule has 1 aromatic carbocycles. The summed E-state index contributed by atoms with van der Waals surface area (Å²) in [6, 6.07) is 3.79. The monoisotopic (exact) mass is 577 g/mol. The van der Waals surface area contributed by atoms with Crippen LogP contribution in [0.1, 0.15) is 29.6 Å². The Morgan fingerprint density at radius 3 is 2.27 bits per heavy atom. The molecule has 1 rings (SSSR count). The van der Waals surface area contributed by atoms with E-state index in [1.807, 2.05) is 0 Å². The standard InChI is InChI=1S/C14H14Br3NO7S/c15-14(16,17)26(24,25)9-4-1-3-8(7-9)12(21)18-10(13(22)23)5-2-6-11(19)20/h1,3-4,7,10H,2,5-6H2,(H,18,21)(H,19,20)(H,22,23). The topological polar surface area (TPSA) is 138 Å². The summed E-state index contributed by atoms with van der Waals surface area (Å²) in [5.74, 6) is -3.16. The SMILES string of the molecule is O=C(O)CCCC(NC(=O)c1cccc(S(=O)(=O)C(Br)(Br)Br)c1)C(=O)O. The average Bonchev–Trinajstić information content (AvgIpc) is 2.52. The van der Waals surface area contributed by atoms with E-state index < -0.39 is 35.2 Å². The van der Waals surface area contributed by atoms with Gasteiger partial charge in [0, 0.05) is 12.0 Å². The molecule has 1 atom stereocenters. The van der Waals surface area contributed by atoms with Crippen LogP contribution >= 0.6 is 47.8 Å². The number of nitrogens with one attached hydrogen (secondary N) is 1. The number of amides is 1. The third kappa shape index (κ3) is 6.32. The summed E-state index contributed by atoms with van der Waals surface area (Å²) in [6.45, 7) is 0. The van der Waals surface area contributed by atoms with Crippen LogP contribution in [0.2, 0.25) is 0 Å². The first kappa shape index (κ1) is 23.1. The molecule has 0 heterocycles. The Labute approximate surface area is 174 Å². The van der Waals surface area contributed by atoms with Crippen LogP contribution in [0.4, 0.5) is 0 Å². The number of halogens is 3. The van der Waals surface area contributed by atoms with Gasteiger partial charge >= 0.3 is 11.9 Å². The number of aliphatic carboxylic acids is 2. The highest BCUT2D eigenvalue weighted by Gasteiger charge is 2.37. The first-order chi connectivity index (χ1) is 11.9. The number of alkyl halides is 3. The molecule has 0 saturated heterocycles. The zero-order chi connectivity index (χ0) is 20.1. The molecule has 26 heavy (non-hydrogen) atoms. The fourth-order valence-electron chi connectivity index (χ4n) is 1.89. The molecule has 0 aliphatic carbocycles. The lowest BCUT2D eigenvalue weighted by molar-refractivity contribution is -0.140. The normalized spacial score (nSPS) is 13.0. The first-order valence-electron chi connectivity index (χ1n) is 7.03. The van der Waals surface area contributed by atoms with Crippen LogP contribution in [0.5, 0.6) is 0 Å². The van der Waals surface area contributed by atoms with Crippen LogP contribution in [0.3, 0.4) is 0 Å². The Balaban J connectivity index is 2.98. The van der Waals surface area contributed by atoms with Gasteiger partial charge < -0.3 is 15.5 Å². The maximum absolute atomic E-state index is 12.3. The predicted molar refractivity (Wildman–Crippen MR) is 104 cm³/mol. The van der Waals surface area contributed by atoms with Crippen molar-refractivity contribution >= 4 is 75.5 Å². The van der Waals surface area contributed by atoms with Gasteiger partial charge in [0.05, 0.1) is 4.90 Å². The number of carbonyl (C=O) groups excluding carboxylic acids is 1. The third-order valence-corrected chi connectivity index (χ3v) is 8.52. The lowest BCUT2D eigenvalue weighted by Gasteiger charge is -2.16. The number of benzene rings is 1. The van der Waals surface area contributed by atoms with Crippen molar-refractivity contribution in [2.45, 2.75) is 31.7 Å². The third-order valence-electron chi connectivity index (χ3n) is 3.20. The van der Waals surface area contributed by atoms with Crippen molar-refractivity contribution in [3.8, 4) is 0 Å². The molecule has 0 bridgehead atoms. The minimum Gasteiger partial charge on any atom is -0.481 e. The van der Waals surface area contributed by atoms with E-state index in [9.17, 15) is 22.8 Å². The number of carbonyl (C=O) groups is 3. The molecule has 0 aliphatic heterocycles. The lowest BCUT2D eigenvalue weighted by Crippen LogP contribution is -2.40. The summed E-state index contributed by atoms with van der Waals surface area (Å²) in [6.07, 6.45) is -0.226. The molecule has 0 fully saturated rings. The Bertz CT molecular complexity index is 805. The highest BCUT2D eigenvalue weighted by Crippen LogP contribution is 2.43. The maximum Gasteiger partial charge on any atom is 0.326 e. The van der Waals surface area contributed by atoms with E-state index in [1.54, 1.807) is 0 Å². The summed E-state index contributed by atoms with van der Waals surface area (Å²) in [5, 5.41) is 20.0. The number of carboxylic acid groups (broad SMARTS) is 2. The van der Waals surface area contributed by atoms with Crippen molar-refractivity contribution < 1.29 is 33.0 Å². The van der Waals surface area contributed by atoms with Crippen molar-refractivity contribution in [2.24, 2.45) is 0 Å². The molecule has 12 heteroatoms. The Morgan fingerprint density at radius 1 is 1.15 bits per heavy atom. The molecule has 1 amide bonds. The number of hydrogen-bond donors (Lipinski definition) is 3. The minimum atomic E-state index is -3.91. The van der Waals surface area contributed by atoms with E-state index in [1.165, 1.54) is 18.2 Å². The van der Waals surface area contributed by atoms with Crippen molar-refractivity contribution in [1.82, 2.24) is 5.32 Å². The first-order valence-corrected chi connectivity index (χ1v) is 10.9. The quantitative estimate of drug-likeness (QED) is 0.403. The van der Waals surface area contributed by atoms with Gasteiger partial charge in [0.1, 0.15) is 6.04 Å². The van der Waals surface area contributed by atoms with Crippen LogP contribution in [0, 0.1) is 0 Å². The molecule has 1 unspecified atom stereocenters. The van der Waals surface area contributed by atoms with Crippen LogP contribution in [-0.4, -0.2) is 44.0 Å². The Kier molecular flexibility index (Phi) is 8.24. The van der Waals surface area contributed by atoms with Gasteiger partial charge in [-0.2, -0.15) is 0 Å². The molecular weight excluding hydrogens is 566 g/mol. The smallest absolute Gasteiger partial charge is 0.326 e. The molecule has 0 aromatic heterocycles. The van der Waals surface area contributed by atoms with Gasteiger partial charge in [-0.05, 0) is 78.8 Å². The van der Waals surface area contributed by atoms with Gasteiger partial charge in [-0.15, -0.1) is 0 Å². The Hall–Kier alpha value is -0.980. The van der Waals surface area contributed by atoms with Gasteiger partial charge in [-0.1, -0.05) is 6.07 Å². The second-order valence-corrected chi connectivity index (χ2v) is 15.6. The summed E-state index contributed by atoms with van der Waals surface area (Å²) < 4.78 is 23.1. The molecule has 1 aromatic rings. The average molecular weight is 580 g/mol. The number of hydrogen-bond acceptors (Lipinski definition) is 5. The largest absolute Gasteiger partial charge is 0.481 e. The zero-order valence-corrected chi connectivity index (χ0v) is 18.6.